The second-order valence-electron chi connectivity index (χ2n) is 7.99. The van der Waals surface area contributed by atoms with E-state index in [-0.39, 0.29) is 0 Å². The molecule has 0 radical (unpaired) electrons. The van der Waals surface area contributed by atoms with Gasteiger partial charge in [0.25, 0.3) is 0 Å². The van der Waals surface area contributed by atoms with E-state index >= 15 is 0 Å². The topological polar surface area (TPSA) is 55.6 Å². The van der Waals surface area contributed by atoms with Crippen molar-refractivity contribution in [1.82, 2.24) is 4.90 Å². The number of amides is 1. The van der Waals surface area contributed by atoms with Gasteiger partial charge in [0.05, 0.1) is 6.04 Å². The molecule has 0 unspecified atom stereocenters. The Morgan fingerprint density at radius 1 is 1.04 bits per heavy atom. The van der Waals surface area contributed by atoms with Crippen molar-refractivity contribution in [2.24, 2.45) is 11.7 Å². The number of nitrogens with two attached hydrogens (primary N) is 1. The predicted octanol–water partition coefficient (Wildman–Crippen LogP) is 5.00. The molecule has 0 bridgehead atoms. The van der Waals surface area contributed by atoms with E-state index in [0.717, 1.165) is 5.92 Å². The number of ether oxygens (including phenoxy) is 1. The minimum atomic E-state index is -0.725. The van der Waals surface area contributed by atoms with E-state index < -0.39 is 11.7 Å². The van der Waals surface area contributed by atoms with Crippen LogP contribution in [0.5, 0.6) is 0 Å². The summed E-state index contributed by atoms with van der Waals surface area (Å²) < 4.78 is 4.58. The maximum Gasteiger partial charge on any atom is 0.405 e. The van der Waals surface area contributed by atoms with Crippen LogP contribution in [0.25, 0.3) is 0 Å². The third-order valence-corrected chi connectivity index (χ3v) is 4.57. The van der Waals surface area contributed by atoms with Crippen molar-refractivity contribution in [2.45, 2.75) is 45.8 Å². The average molecular weight is 369 g/mol. The summed E-state index contributed by atoms with van der Waals surface area (Å²) >= 11 is 0. The van der Waals surface area contributed by atoms with Crippen LogP contribution in [-0.2, 0) is 4.74 Å². The molecule has 1 fully saturated rings. The smallest absolute Gasteiger partial charge is 0.405 e. The SMILES string of the molecule is CC(C)(C)OC(N)=O.CCC1CN(C(c2ccccc2)c2ccccc2)C1. The summed E-state index contributed by atoms with van der Waals surface area (Å²) in [5.41, 5.74) is 7.08. The number of hydrogen-bond donors (Lipinski definition) is 1. The van der Waals surface area contributed by atoms with Crippen molar-refractivity contribution >= 4 is 6.09 Å². The lowest BCUT2D eigenvalue weighted by Gasteiger charge is -2.44. The highest BCUT2D eigenvalue weighted by Gasteiger charge is 2.32. The first-order valence-electron chi connectivity index (χ1n) is 9.62. The van der Waals surface area contributed by atoms with E-state index in [0.29, 0.717) is 6.04 Å². The molecule has 2 aromatic rings. The fourth-order valence-corrected chi connectivity index (χ4v) is 3.27. The number of carbonyl (C=O) groups excluding carboxylic acids is 1. The van der Waals surface area contributed by atoms with Gasteiger partial charge in [-0.3, -0.25) is 4.90 Å². The Hall–Kier alpha value is -2.33. The molecule has 2 N–H and O–H groups in total. The quantitative estimate of drug-likeness (QED) is 0.826. The fraction of sp³-hybridized carbons (Fsp3) is 0.435. The molecule has 2 aromatic carbocycles. The van der Waals surface area contributed by atoms with Crippen LogP contribution < -0.4 is 5.73 Å². The number of hydrogen-bond acceptors (Lipinski definition) is 3. The van der Waals surface area contributed by atoms with E-state index in [4.69, 9.17) is 5.73 Å². The van der Waals surface area contributed by atoms with Crippen LogP contribution in [0.1, 0.15) is 51.3 Å². The first kappa shape index (κ1) is 21.0. The Morgan fingerprint density at radius 3 is 1.78 bits per heavy atom. The Morgan fingerprint density at radius 2 is 1.48 bits per heavy atom. The van der Waals surface area contributed by atoms with Gasteiger partial charge in [-0.1, -0.05) is 74.0 Å². The second kappa shape index (κ2) is 9.56. The van der Waals surface area contributed by atoms with Gasteiger partial charge in [0, 0.05) is 13.1 Å². The third-order valence-electron chi connectivity index (χ3n) is 4.57. The molecule has 0 spiro atoms. The summed E-state index contributed by atoms with van der Waals surface area (Å²) in [6.07, 6.45) is 0.574. The Balaban J connectivity index is 0.000000279. The van der Waals surface area contributed by atoms with Crippen LogP contribution in [0, 0.1) is 5.92 Å². The molecule has 27 heavy (non-hydrogen) atoms. The summed E-state index contributed by atoms with van der Waals surface area (Å²) in [6.45, 7) is 10.0. The van der Waals surface area contributed by atoms with Crippen LogP contribution in [0.2, 0.25) is 0 Å². The number of nitrogens with zero attached hydrogens (tertiary/aromatic N) is 1. The fourth-order valence-electron chi connectivity index (χ4n) is 3.27. The molecule has 3 rings (SSSR count). The minimum absolute atomic E-state index is 0.421. The Bertz CT molecular complexity index is 650. The molecule has 0 aliphatic carbocycles. The highest BCUT2D eigenvalue weighted by molar-refractivity contribution is 5.65. The maximum atomic E-state index is 10.0. The number of primary amides is 1. The van der Waals surface area contributed by atoms with Gasteiger partial charge in [-0.15, -0.1) is 0 Å². The van der Waals surface area contributed by atoms with Gasteiger partial charge in [0.15, 0.2) is 0 Å². The molecule has 0 aromatic heterocycles. The lowest BCUT2D eigenvalue weighted by atomic mass is 9.89. The zero-order chi connectivity index (χ0) is 19.9. The van der Waals surface area contributed by atoms with E-state index in [2.05, 4.69) is 77.2 Å². The van der Waals surface area contributed by atoms with Crippen LogP contribution in [-0.4, -0.2) is 29.7 Å². The van der Waals surface area contributed by atoms with Crippen LogP contribution in [0.4, 0.5) is 4.79 Å². The van der Waals surface area contributed by atoms with Crippen LogP contribution in [0.15, 0.2) is 60.7 Å². The number of rotatable bonds is 4. The summed E-state index contributed by atoms with van der Waals surface area (Å²) in [5, 5.41) is 0. The van der Waals surface area contributed by atoms with Gasteiger partial charge in [0.2, 0.25) is 0 Å². The molecule has 4 heteroatoms. The lowest BCUT2D eigenvalue weighted by molar-refractivity contribution is 0.0600. The molecule has 146 valence electrons. The van der Waals surface area contributed by atoms with E-state index in [1.54, 1.807) is 20.8 Å². The van der Waals surface area contributed by atoms with Crippen LogP contribution >= 0.6 is 0 Å². The number of carbonyl (C=O) groups is 1. The van der Waals surface area contributed by atoms with E-state index in [9.17, 15) is 4.79 Å². The zero-order valence-electron chi connectivity index (χ0n) is 16.9. The first-order chi connectivity index (χ1) is 12.8. The van der Waals surface area contributed by atoms with Gasteiger partial charge >= 0.3 is 6.09 Å². The number of benzene rings is 2. The van der Waals surface area contributed by atoms with Crippen molar-refractivity contribution in [3.05, 3.63) is 71.8 Å². The first-order valence-corrected chi connectivity index (χ1v) is 9.62. The van der Waals surface area contributed by atoms with Crippen LogP contribution in [0.3, 0.4) is 0 Å². The van der Waals surface area contributed by atoms with Crippen molar-refractivity contribution in [2.75, 3.05) is 13.1 Å². The van der Waals surface area contributed by atoms with Gasteiger partial charge in [0.1, 0.15) is 5.60 Å². The monoisotopic (exact) mass is 368 g/mol. The van der Waals surface area contributed by atoms with E-state index in [1.807, 2.05) is 0 Å². The summed E-state index contributed by atoms with van der Waals surface area (Å²) in [5.74, 6) is 0.884. The molecule has 1 aliphatic heterocycles. The van der Waals surface area contributed by atoms with Gasteiger partial charge in [-0.2, -0.15) is 0 Å². The molecule has 1 aliphatic rings. The maximum absolute atomic E-state index is 10.0. The lowest BCUT2D eigenvalue weighted by Crippen LogP contribution is -2.48. The molecular weight excluding hydrogens is 336 g/mol. The molecule has 0 atom stereocenters. The van der Waals surface area contributed by atoms with Gasteiger partial charge in [-0.25, -0.2) is 4.79 Å². The minimum Gasteiger partial charge on any atom is -0.444 e. The summed E-state index contributed by atoms with van der Waals surface area (Å²) in [4.78, 5) is 12.6. The summed E-state index contributed by atoms with van der Waals surface area (Å²) in [7, 11) is 0. The molecule has 4 nitrogen and oxygen atoms in total. The molecular formula is C23H32N2O2. The zero-order valence-corrected chi connectivity index (χ0v) is 16.9. The Labute approximate surface area is 163 Å². The summed E-state index contributed by atoms with van der Waals surface area (Å²) in [6, 6.07) is 22.2. The van der Waals surface area contributed by atoms with Crippen molar-refractivity contribution in [3.8, 4) is 0 Å². The van der Waals surface area contributed by atoms with Crippen molar-refractivity contribution in [1.29, 1.82) is 0 Å². The molecule has 1 heterocycles. The van der Waals surface area contributed by atoms with Gasteiger partial charge in [-0.05, 0) is 37.8 Å². The molecule has 1 amide bonds. The number of likely N-dealkylation sites (tertiary alicyclic amines) is 1. The Kier molecular flexibility index (Phi) is 7.43. The largest absolute Gasteiger partial charge is 0.444 e. The van der Waals surface area contributed by atoms with Crippen molar-refractivity contribution in [3.63, 3.8) is 0 Å². The standard InChI is InChI=1S/C18H21N.C5H11NO2/c1-2-15-13-19(14-15)18(16-9-5-3-6-10-16)17-11-7-4-8-12-17;1-5(2,3)8-4(6)7/h3-12,15,18H,2,13-14H2,1H3;1-3H3,(H2,6,7). The van der Waals surface area contributed by atoms with Gasteiger partial charge < -0.3 is 10.5 Å². The van der Waals surface area contributed by atoms with Crippen molar-refractivity contribution < 1.29 is 9.53 Å². The average Bonchev–Trinajstić information content (AvgIpc) is 2.57. The second-order valence-corrected chi connectivity index (χ2v) is 7.99. The highest BCUT2D eigenvalue weighted by atomic mass is 16.6. The third kappa shape index (κ3) is 6.72. The molecule has 1 saturated heterocycles. The predicted molar refractivity (Wildman–Crippen MR) is 111 cm³/mol. The molecule has 0 saturated carbocycles. The highest BCUT2D eigenvalue weighted by Crippen LogP contribution is 2.34. The van der Waals surface area contributed by atoms with E-state index in [1.165, 1.54) is 30.6 Å². The normalized spacial score (nSPS) is 14.9.